The summed E-state index contributed by atoms with van der Waals surface area (Å²) in [6.45, 7) is 0.568. The van der Waals surface area contributed by atoms with E-state index in [1.807, 2.05) is 18.2 Å². The summed E-state index contributed by atoms with van der Waals surface area (Å²) in [6, 6.07) is 5.70. The second-order valence-electron chi connectivity index (χ2n) is 5.48. The van der Waals surface area contributed by atoms with Crippen LogP contribution in [0.25, 0.3) is 0 Å². The van der Waals surface area contributed by atoms with Crippen LogP contribution < -0.4 is 20.5 Å². The molecule has 3 N–H and O–H groups in total. The Labute approximate surface area is 138 Å². The maximum atomic E-state index is 11.9. The van der Waals surface area contributed by atoms with E-state index in [-0.39, 0.29) is 24.4 Å². The number of amides is 1. The summed E-state index contributed by atoms with van der Waals surface area (Å²) < 4.78 is 10.5. The number of benzene rings is 1. The van der Waals surface area contributed by atoms with E-state index in [1.165, 1.54) is 12.8 Å². The molecular weight excluding hydrogens is 304 g/mol. The molecule has 1 atom stereocenters. The Morgan fingerprint density at radius 3 is 2.68 bits per heavy atom. The molecule has 5 nitrogen and oxygen atoms in total. The van der Waals surface area contributed by atoms with Crippen molar-refractivity contribution >= 4 is 18.3 Å². The monoisotopic (exact) mass is 328 g/mol. The molecule has 1 unspecified atom stereocenters. The maximum Gasteiger partial charge on any atom is 0.220 e. The Morgan fingerprint density at radius 1 is 1.36 bits per heavy atom. The molecule has 1 aliphatic carbocycles. The first kappa shape index (κ1) is 18.6. The zero-order valence-corrected chi connectivity index (χ0v) is 13.9. The molecule has 0 saturated heterocycles. The fraction of sp³-hybridized carbons (Fsp3) is 0.562. The van der Waals surface area contributed by atoms with Crippen molar-refractivity contribution in [3.05, 3.63) is 23.8 Å². The third-order valence-electron chi connectivity index (χ3n) is 3.87. The zero-order chi connectivity index (χ0) is 15.2. The molecule has 1 saturated carbocycles. The SMILES string of the molecule is COc1ccc(OC)c(CCC(=O)NCC(N)C2CC2)c1.Cl. The van der Waals surface area contributed by atoms with Crippen molar-refractivity contribution < 1.29 is 14.3 Å². The van der Waals surface area contributed by atoms with Crippen molar-refractivity contribution in [2.45, 2.75) is 31.7 Å². The number of rotatable bonds is 8. The quantitative estimate of drug-likeness (QED) is 0.764. The molecule has 1 aliphatic rings. The minimum absolute atomic E-state index is 0. The molecule has 0 aliphatic heterocycles. The summed E-state index contributed by atoms with van der Waals surface area (Å²) >= 11 is 0. The average Bonchev–Trinajstić information content (AvgIpc) is 3.35. The third-order valence-corrected chi connectivity index (χ3v) is 3.87. The molecule has 1 fully saturated rings. The van der Waals surface area contributed by atoms with Gasteiger partial charge in [0.05, 0.1) is 14.2 Å². The molecule has 0 aromatic heterocycles. The minimum atomic E-state index is 0. The molecular formula is C16H25ClN2O3. The molecule has 22 heavy (non-hydrogen) atoms. The summed E-state index contributed by atoms with van der Waals surface area (Å²) in [4.78, 5) is 11.9. The fourth-order valence-corrected chi connectivity index (χ4v) is 2.34. The van der Waals surface area contributed by atoms with Crippen molar-refractivity contribution in [1.29, 1.82) is 0 Å². The summed E-state index contributed by atoms with van der Waals surface area (Å²) in [6.07, 6.45) is 3.42. The van der Waals surface area contributed by atoms with E-state index in [9.17, 15) is 4.79 Å². The summed E-state index contributed by atoms with van der Waals surface area (Å²) in [5.74, 6) is 2.17. The van der Waals surface area contributed by atoms with Crippen LogP contribution in [0.15, 0.2) is 18.2 Å². The lowest BCUT2D eigenvalue weighted by Gasteiger charge is -2.13. The van der Waals surface area contributed by atoms with Crippen molar-refractivity contribution in [1.82, 2.24) is 5.32 Å². The number of aryl methyl sites for hydroxylation is 1. The second-order valence-corrected chi connectivity index (χ2v) is 5.48. The van der Waals surface area contributed by atoms with Crippen LogP contribution in [-0.2, 0) is 11.2 Å². The first-order chi connectivity index (χ1) is 10.1. The van der Waals surface area contributed by atoms with Gasteiger partial charge in [-0.25, -0.2) is 0 Å². The average molecular weight is 329 g/mol. The van der Waals surface area contributed by atoms with Gasteiger partial charge in [0.2, 0.25) is 5.91 Å². The number of carbonyl (C=O) groups excluding carboxylic acids is 1. The number of halogens is 1. The Balaban J connectivity index is 0.00000242. The van der Waals surface area contributed by atoms with Crippen LogP contribution in [0.1, 0.15) is 24.8 Å². The van der Waals surface area contributed by atoms with Crippen molar-refractivity contribution in [3.63, 3.8) is 0 Å². The predicted octanol–water partition coefficient (Wildman–Crippen LogP) is 1.91. The highest BCUT2D eigenvalue weighted by Gasteiger charge is 2.28. The third kappa shape index (κ3) is 5.39. The van der Waals surface area contributed by atoms with Crippen LogP contribution in [0.5, 0.6) is 11.5 Å². The largest absolute Gasteiger partial charge is 0.497 e. The van der Waals surface area contributed by atoms with Crippen LogP contribution in [0, 0.1) is 5.92 Å². The maximum absolute atomic E-state index is 11.9. The van der Waals surface area contributed by atoms with E-state index < -0.39 is 0 Å². The van der Waals surface area contributed by atoms with Gasteiger partial charge in [-0.1, -0.05) is 0 Å². The standard InChI is InChI=1S/C16H24N2O3.ClH/c1-20-13-6-7-15(21-2)12(9-13)5-8-16(19)18-10-14(17)11-3-4-11;/h6-7,9,11,14H,3-5,8,10,17H2,1-2H3,(H,18,19);1H. The number of ether oxygens (including phenoxy) is 2. The van der Waals surface area contributed by atoms with Gasteiger partial charge < -0.3 is 20.5 Å². The first-order valence-electron chi connectivity index (χ1n) is 7.37. The second kappa shape index (κ2) is 8.86. The topological polar surface area (TPSA) is 73.6 Å². The van der Waals surface area contributed by atoms with E-state index in [0.29, 0.717) is 25.3 Å². The molecule has 1 aromatic carbocycles. The van der Waals surface area contributed by atoms with Gasteiger partial charge in [-0.3, -0.25) is 4.79 Å². The van der Waals surface area contributed by atoms with Gasteiger partial charge in [-0.15, -0.1) is 12.4 Å². The van der Waals surface area contributed by atoms with E-state index in [0.717, 1.165) is 17.1 Å². The number of hydrogen-bond acceptors (Lipinski definition) is 4. The van der Waals surface area contributed by atoms with E-state index in [1.54, 1.807) is 14.2 Å². The molecule has 0 bridgehead atoms. The summed E-state index contributed by atoms with van der Waals surface area (Å²) in [5, 5.41) is 2.90. The van der Waals surface area contributed by atoms with E-state index >= 15 is 0 Å². The Morgan fingerprint density at radius 2 is 2.09 bits per heavy atom. The molecule has 1 amide bonds. The van der Waals surface area contributed by atoms with Gasteiger partial charge >= 0.3 is 0 Å². The normalized spacial score (nSPS) is 14.7. The van der Waals surface area contributed by atoms with Crippen LogP contribution in [0.2, 0.25) is 0 Å². The van der Waals surface area contributed by atoms with Gasteiger partial charge in [0.1, 0.15) is 11.5 Å². The molecule has 0 heterocycles. The number of nitrogens with one attached hydrogen (secondary N) is 1. The molecule has 0 spiro atoms. The summed E-state index contributed by atoms with van der Waals surface area (Å²) in [7, 11) is 3.25. The van der Waals surface area contributed by atoms with Crippen LogP contribution >= 0.6 is 12.4 Å². The predicted molar refractivity (Wildman–Crippen MR) is 88.8 cm³/mol. The first-order valence-corrected chi connectivity index (χ1v) is 7.37. The number of nitrogens with two attached hydrogens (primary N) is 1. The van der Waals surface area contributed by atoms with Crippen LogP contribution in [-0.4, -0.2) is 32.7 Å². The molecule has 2 rings (SSSR count). The Hall–Kier alpha value is -1.46. The lowest BCUT2D eigenvalue weighted by Crippen LogP contribution is -2.38. The smallest absolute Gasteiger partial charge is 0.220 e. The van der Waals surface area contributed by atoms with E-state index in [2.05, 4.69) is 5.32 Å². The number of methoxy groups -OCH3 is 2. The highest BCUT2D eigenvalue weighted by molar-refractivity contribution is 5.85. The zero-order valence-electron chi connectivity index (χ0n) is 13.1. The van der Waals surface area contributed by atoms with Crippen molar-refractivity contribution in [3.8, 4) is 11.5 Å². The highest BCUT2D eigenvalue weighted by Crippen LogP contribution is 2.31. The van der Waals surface area contributed by atoms with Crippen molar-refractivity contribution in [2.24, 2.45) is 11.7 Å². The lowest BCUT2D eigenvalue weighted by atomic mass is 10.1. The lowest BCUT2D eigenvalue weighted by molar-refractivity contribution is -0.121. The Bertz CT molecular complexity index is 492. The Kier molecular flexibility index (Phi) is 7.48. The number of carbonyl (C=O) groups is 1. The molecule has 124 valence electrons. The van der Waals surface area contributed by atoms with Gasteiger partial charge in [0, 0.05) is 19.0 Å². The molecule has 1 aromatic rings. The number of hydrogen-bond donors (Lipinski definition) is 2. The van der Waals surface area contributed by atoms with Gasteiger partial charge in [-0.05, 0) is 48.9 Å². The molecule has 0 radical (unpaired) electrons. The van der Waals surface area contributed by atoms with Gasteiger partial charge in [0.25, 0.3) is 0 Å². The highest BCUT2D eigenvalue weighted by atomic mass is 35.5. The van der Waals surface area contributed by atoms with E-state index in [4.69, 9.17) is 15.2 Å². The molecule has 6 heteroatoms. The van der Waals surface area contributed by atoms with Gasteiger partial charge in [0.15, 0.2) is 0 Å². The van der Waals surface area contributed by atoms with Gasteiger partial charge in [-0.2, -0.15) is 0 Å². The van der Waals surface area contributed by atoms with Crippen LogP contribution in [0.3, 0.4) is 0 Å². The van der Waals surface area contributed by atoms with Crippen LogP contribution in [0.4, 0.5) is 0 Å². The summed E-state index contributed by atoms with van der Waals surface area (Å²) in [5.41, 5.74) is 6.94. The fourth-order valence-electron chi connectivity index (χ4n) is 2.34. The van der Waals surface area contributed by atoms with Crippen molar-refractivity contribution in [2.75, 3.05) is 20.8 Å². The minimum Gasteiger partial charge on any atom is -0.497 e.